The Morgan fingerprint density at radius 3 is 2.17 bits per heavy atom. The summed E-state index contributed by atoms with van der Waals surface area (Å²) in [6.45, 7) is 6.51. The standard InChI is InChI=1S/C11H8O2.C4H6O/c12-11(13)10-6-5-8-3-1-2-4-9(8)7-10;1-3-5-4-2/h1-7H,(H,12,13);3-4H,1-2H2. The predicted octanol–water partition coefficient (Wildman–Crippen LogP) is 3.83. The van der Waals surface area contributed by atoms with Gasteiger partial charge in [-0.25, -0.2) is 4.79 Å². The second kappa shape index (κ2) is 6.91. The Balaban J connectivity index is 0.000000280. The van der Waals surface area contributed by atoms with Gasteiger partial charge in [0, 0.05) is 0 Å². The van der Waals surface area contributed by atoms with Crippen molar-refractivity contribution in [1.29, 1.82) is 0 Å². The van der Waals surface area contributed by atoms with Gasteiger partial charge in [-0.05, 0) is 22.9 Å². The molecule has 0 fully saturated rings. The molecule has 2 aromatic rings. The molecular weight excluding hydrogens is 228 g/mol. The topological polar surface area (TPSA) is 46.5 Å². The molecule has 0 heterocycles. The van der Waals surface area contributed by atoms with Crippen molar-refractivity contribution in [3.8, 4) is 0 Å². The van der Waals surface area contributed by atoms with Crippen molar-refractivity contribution < 1.29 is 14.6 Å². The first-order chi connectivity index (χ1) is 8.69. The monoisotopic (exact) mass is 242 g/mol. The summed E-state index contributed by atoms with van der Waals surface area (Å²) < 4.78 is 4.36. The molecule has 0 saturated heterocycles. The Kier molecular flexibility index (Phi) is 5.19. The van der Waals surface area contributed by atoms with Crippen LogP contribution in [0.2, 0.25) is 0 Å². The van der Waals surface area contributed by atoms with Gasteiger partial charge in [-0.3, -0.25) is 0 Å². The molecule has 0 aliphatic rings. The summed E-state index contributed by atoms with van der Waals surface area (Å²) in [4.78, 5) is 10.6. The molecule has 0 saturated carbocycles. The highest BCUT2D eigenvalue weighted by molar-refractivity contribution is 5.94. The van der Waals surface area contributed by atoms with Gasteiger partial charge >= 0.3 is 5.97 Å². The summed E-state index contributed by atoms with van der Waals surface area (Å²) in [5.41, 5.74) is 0.332. The van der Waals surface area contributed by atoms with Crippen LogP contribution in [0.15, 0.2) is 68.1 Å². The maximum atomic E-state index is 10.6. The largest absolute Gasteiger partial charge is 0.478 e. The third kappa shape index (κ3) is 3.79. The third-order valence-corrected chi connectivity index (χ3v) is 2.19. The van der Waals surface area contributed by atoms with Crippen molar-refractivity contribution >= 4 is 16.7 Å². The van der Waals surface area contributed by atoms with Gasteiger partial charge in [-0.1, -0.05) is 43.5 Å². The molecule has 2 aromatic carbocycles. The zero-order chi connectivity index (χ0) is 13.4. The molecular formula is C15H14O3. The van der Waals surface area contributed by atoms with Crippen LogP contribution in [0.1, 0.15) is 10.4 Å². The van der Waals surface area contributed by atoms with Crippen molar-refractivity contribution in [2.24, 2.45) is 0 Å². The Hall–Kier alpha value is -2.55. The first kappa shape index (κ1) is 13.5. The zero-order valence-corrected chi connectivity index (χ0v) is 9.87. The quantitative estimate of drug-likeness (QED) is 0.832. The van der Waals surface area contributed by atoms with Crippen LogP contribution in [0, 0.1) is 0 Å². The molecule has 0 radical (unpaired) electrons. The molecule has 0 unspecified atom stereocenters. The van der Waals surface area contributed by atoms with E-state index in [9.17, 15) is 4.79 Å². The minimum Gasteiger partial charge on any atom is -0.478 e. The van der Waals surface area contributed by atoms with E-state index in [-0.39, 0.29) is 0 Å². The summed E-state index contributed by atoms with van der Waals surface area (Å²) in [5.74, 6) is -0.884. The van der Waals surface area contributed by atoms with Crippen LogP contribution in [0.25, 0.3) is 10.8 Å². The normalized spacial score (nSPS) is 8.89. The number of benzene rings is 2. The minimum atomic E-state index is -0.884. The van der Waals surface area contributed by atoms with Gasteiger partial charge in [0.1, 0.15) is 0 Å². The molecule has 3 heteroatoms. The molecule has 3 nitrogen and oxygen atoms in total. The summed E-state index contributed by atoms with van der Waals surface area (Å²) in [7, 11) is 0. The molecule has 1 N–H and O–H groups in total. The first-order valence-electron chi connectivity index (χ1n) is 5.28. The molecule has 2 rings (SSSR count). The number of hydrogen-bond donors (Lipinski definition) is 1. The van der Waals surface area contributed by atoms with Crippen LogP contribution in [0.5, 0.6) is 0 Å². The number of carboxylic acid groups (broad SMARTS) is 1. The predicted molar refractivity (Wildman–Crippen MR) is 72.4 cm³/mol. The van der Waals surface area contributed by atoms with Crippen molar-refractivity contribution in [2.75, 3.05) is 0 Å². The number of aromatic carboxylic acids is 1. The Morgan fingerprint density at radius 2 is 1.67 bits per heavy atom. The van der Waals surface area contributed by atoms with E-state index in [1.165, 1.54) is 12.5 Å². The van der Waals surface area contributed by atoms with E-state index in [2.05, 4.69) is 17.9 Å². The molecule has 18 heavy (non-hydrogen) atoms. The number of carboxylic acids is 1. The fraction of sp³-hybridized carbons (Fsp3) is 0. The molecule has 92 valence electrons. The molecule has 0 aromatic heterocycles. The fourth-order valence-electron chi connectivity index (χ4n) is 1.39. The van der Waals surface area contributed by atoms with Gasteiger partial charge in [-0.2, -0.15) is 0 Å². The van der Waals surface area contributed by atoms with Crippen LogP contribution in [0.4, 0.5) is 0 Å². The van der Waals surface area contributed by atoms with E-state index in [1.807, 2.05) is 30.3 Å². The lowest BCUT2D eigenvalue weighted by Gasteiger charge is -1.98. The second-order valence-electron chi connectivity index (χ2n) is 3.34. The SMILES string of the molecule is C=COC=C.O=C(O)c1ccc2ccccc2c1. The third-order valence-electron chi connectivity index (χ3n) is 2.19. The van der Waals surface area contributed by atoms with Gasteiger partial charge < -0.3 is 9.84 Å². The van der Waals surface area contributed by atoms with Gasteiger partial charge in [0.15, 0.2) is 0 Å². The summed E-state index contributed by atoms with van der Waals surface area (Å²) in [6.07, 6.45) is 2.62. The highest BCUT2D eigenvalue weighted by atomic mass is 16.5. The van der Waals surface area contributed by atoms with Crippen molar-refractivity contribution in [1.82, 2.24) is 0 Å². The molecule has 0 amide bonds. The highest BCUT2D eigenvalue weighted by Crippen LogP contribution is 2.15. The summed E-state index contributed by atoms with van der Waals surface area (Å²) in [5, 5.41) is 10.8. The van der Waals surface area contributed by atoms with E-state index in [4.69, 9.17) is 5.11 Å². The number of hydrogen-bond acceptors (Lipinski definition) is 2. The molecule has 0 aliphatic heterocycles. The van der Waals surface area contributed by atoms with E-state index in [1.54, 1.807) is 12.1 Å². The molecule has 0 atom stereocenters. The lowest BCUT2D eigenvalue weighted by molar-refractivity contribution is 0.0697. The lowest BCUT2D eigenvalue weighted by Crippen LogP contribution is -1.94. The molecule has 0 aliphatic carbocycles. The maximum Gasteiger partial charge on any atom is 0.335 e. The number of fused-ring (bicyclic) bond motifs is 1. The van der Waals surface area contributed by atoms with Crippen LogP contribution < -0.4 is 0 Å². The van der Waals surface area contributed by atoms with Crippen LogP contribution in [0.3, 0.4) is 0 Å². The van der Waals surface area contributed by atoms with Gasteiger partial charge in [0.25, 0.3) is 0 Å². The molecule has 0 spiro atoms. The Morgan fingerprint density at radius 1 is 1.06 bits per heavy atom. The zero-order valence-electron chi connectivity index (χ0n) is 9.87. The van der Waals surface area contributed by atoms with E-state index in [0.717, 1.165) is 10.8 Å². The van der Waals surface area contributed by atoms with Crippen LogP contribution >= 0.6 is 0 Å². The number of rotatable bonds is 3. The number of carbonyl (C=O) groups is 1. The lowest BCUT2D eigenvalue weighted by atomic mass is 10.1. The Labute approximate surface area is 106 Å². The van der Waals surface area contributed by atoms with E-state index in [0.29, 0.717) is 5.56 Å². The van der Waals surface area contributed by atoms with Crippen molar-refractivity contribution in [3.63, 3.8) is 0 Å². The minimum absolute atomic E-state index is 0.332. The summed E-state index contributed by atoms with van der Waals surface area (Å²) in [6, 6.07) is 12.8. The maximum absolute atomic E-state index is 10.6. The van der Waals surface area contributed by atoms with Crippen LogP contribution in [-0.2, 0) is 4.74 Å². The molecule has 0 bridgehead atoms. The first-order valence-corrected chi connectivity index (χ1v) is 5.28. The average molecular weight is 242 g/mol. The van der Waals surface area contributed by atoms with Crippen LogP contribution in [-0.4, -0.2) is 11.1 Å². The highest BCUT2D eigenvalue weighted by Gasteiger charge is 2.01. The average Bonchev–Trinajstić information content (AvgIpc) is 2.40. The van der Waals surface area contributed by atoms with Crippen molar-refractivity contribution in [3.05, 3.63) is 73.7 Å². The second-order valence-corrected chi connectivity index (χ2v) is 3.34. The Bertz CT molecular complexity index is 552. The van der Waals surface area contributed by atoms with E-state index >= 15 is 0 Å². The van der Waals surface area contributed by atoms with Gasteiger partial charge in [0.2, 0.25) is 0 Å². The fourth-order valence-corrected chi connectivity index (χ4v) is 1.39. The smallest absolute Gasteiger partial charge is 0.335 e. The summed E-state index contributed by atoms with van der Waals surface area (Å²) >= 11 is 0. The number of ether oxygens (including phenoxy) is 1. The van der Waals surface area contributed by atoms with E-state index < -0.39 is 5.97 Å². The van der Waals surface area contributed by atoms with Gasteiger partial charge in [0.05, 0.1) is 18.1 Å². The van der Waals surface area contributed by atoms with Crippen molar-refractivity contribution in [2.45, 2.75) is 0 Å². The van der Waals surface area contributed by atoms with Gasteiger partial charge in [-0.15, -0.1) is 0 Å².